The van der Waals surface area contributed by atoms with Gasteiger partial charge in [0.2, 0.25) is 11.8 Å². The van der Waals surface area contributed by atoms with Gasteiger partial charge in [-0.3, -0.25) is 54.7 Å². The molecule has 470 valence electrons. The average Bonchev–Trinajstić information content (AvgIpc) is 2.11. The number of hydrogen-bond donors (Lipinski definition) is 6. The number of allylic oxidation sites excluding steroid dienone is 1. The van der Waals surface area contributed by atoms with Crippen LogP contribution in [-0.4, -0.2) is 157 Å². The van der Waals surface area contributed by atoms with E-state index in [-0.39, 0.29) is 51.3 Å². The molecular formula is C68H76ClN11O9S. The summed E-state index contributed by atoms with van der Waals surface area (Å²) < 4.78 is 36.7. The van der Waals surface area contributed by atoms with E-state index in [9.17, 15) is 37.6 Å². The number of pyridine rings is 1. The molecule has 22 heteroatoms. The lowest BCUT2D eigenvalue weighted by Gasteiger charge is -2.39. The number of amides is 5. The number of H-pyrrole nitrogens is 1. The topological polar surface area (TPSA) is 242 Å². The fourth-order valence-electron chi connectivity index (χ4n) is 13.5. The first-order valence-corrected chi connectivity index (χ1v) is 33.1. The second-order valence-corrected chi connectivity index (χ2v) is 27.6. The molecule has 20 nitrogen and oxygen atoms in total. The molecule has 4 saturated heterocycles. The van der Waals surface area contributed by atoms with E-state index in [2.05, 4.69) is 88.2 Å². The number of carbonyl (C=O) groups excluding carboxylic acids is 5. The first kappa shape index (κ1) is 62.1. The standard InChI is InChI=1S/C68H76ClN11O9S/c1-68(2)25-18-49(56(40-68)46-8-10-50(69)11-9-46)43-78-33-35-79(36-34-78)51-12-14-54(60(38-51)89-52-37-48-19-26-70-63(48)72-42-52)64(82)75-90(87,88)53-13-15-57(58(39-53)74-86)71-41-45-23-31-77(32-24-45)30-22-44-20-28-76(29-21-44)27-4-6-47-5-3-7-55-62(47)67(85)80(66(55)84)59-16-17-61(81)73-65(59)83/h3,5,7-15,19,26,37-39,42,44-45,59,71,74,86H,16-18,20-25,27-36,40-41,43H2,1-2H3,(H,70,72)(H,75,82)(H,73,81,83). The number of fused-ring (bicyclic) bond motifs is 2. The van der Waals surface area contributed by atoms with Crippen LogP contribution in [0.2, 0.25) is 5.02 Å². The number of benzene rings is 4. The molecule has 4 aromatic carbocycles. The van der Waals surface area contributed by atoms with Gasteiger partial charge in [0.1, 0.15) is 23.2 Å². The number of carbonyl (C=O) groups is 5. The molecule has 6 aliphatic rings. The van der Waals surface area contributed by atoms with Gasteiger partial charge in [-0.05, 0) is 186 Å². The number of aromatic nitrogens is 2. The summed E-state index contributed by atoms with van der Waals surface area (Å²) in [5.74, 6) is 4.80. The minimum absolute atomic E-state index is 0.0156. The SMILES string of the molecule is CC1(C)CCC(CN2CCN(c3ccc(C(=O)NS(=O)(=O)c4ccc(NCC5CCN(CCC6CCN(CC#Cc7cccc8c7C(=O)N(C7CCC(=O)NC7=O)C8=O)CC6)CC5)c(NO)c4)c(Oc4cnc5[nH]ccc5c4)c3)CC2)=C(c2ccc(Cl)cc2)C1. The van der Waals surface area contributed by atoms with Gasteiger partial charge in [0.15, 0.2) is 0 Å². The van der Waals surface area contributed by atoms with Gasteiger partial charge >= 0.3 is 0 Å². The van der Waals surface area contributed by atoms with Crippen molar-refractivity contribution in [1.29, 1.82) is 0 Å². The zero-order valence-electron chi connectivity index (χ0n) is 50.8. The highest BCUT2D eigenvalue weighted by molar-refractivity contribution is 7.90. The first-order chi connectivity index (χ1) is 43.4. The van der Waals surface area contributed by atoms with Gasteiger partial charge in [-0.1, -0.05) is 61.1 Å². The van der Waals surface area contributed by atoms with Crippen molar-refractivity contribution in [2.45, 2.75) is 89.0 Å². The molecule has 90 heavy (non-hydrogen) atoms. The monoisotopic (exact) mass is 1260 g/mol. The third-order valence-corrected chi connectivity index (χ3v) is 20.4. The van der Waals surface area contributed by atoms with Gasteiger partial charge in [-0.15, -0.1) is 0 Å². The number of hydrogen-bond acceptors (Lipinski definition) is 16. The molecule has 1 unspecified atom stereocenters. The van der Waals surface area contributed by atoms with E-state index in [4.69, 9.17) is 16.3 Å². The Labute approximate surface area is 529 Å². The minimum Gasteiger partial charge on any atom is -0.455 e. The Balaban J connectivity index is 0.611. The summed E-state index contributed by atoms with van der Waals surface area (Å²) in [5, 5.41) is 17.5. The molecule has 5 amide bonds. The second kappa shape index (κ2) is 26.8. The molecule has 4 fully saturated rings. The van der Waals surface area contributed by atoms with E-state index < -0.39 is 45.6 Å². The summed E-state index contributed by atoms with van der Waals surface area (Å²) in [7, 11) is -4.45. The molecule has 0 radical (unpaired) electrons. The van der Waals surface area contributed by atoms with Crippen LogP contribution in [0.3, 0.4) is 0 Å². The summed E-state index contributed by atoms with van der Waals surface area (Å²) in [6, 6.07) is 25.3. The van der Waals surface area contributed by atoms with Crippen LogP contribution >= 0.6 is 11.6 Å². The Morgan fingerprint density at radius 2 is 1.59 bits per heavy atom. The number of ether oxygens (including phenoxy) is 1. The number of nitrogens with one attached hydrogen (secondary N) is 5. The minimum atomic E-state index is -4.45. The molecule has 0 saturated carbocycles. The van der Waals surface area contributed by atoms with Crippen LogP contribution in [0, 0.1) is 29.1 Å². The Hall–Kier alpha value is -8.10. The number of anilines is 3. The molecule has 2 aromatic heterocycles. The zero-order valence-corrected chi connectivity index (χ0v) is 52.4. The number of sulfonamides is 1. The molecule has 7 heterocycles. The van der Waals surface area contributed by atoms with E-state index in [1.54, 1.807) is 54.9 Å². The molecule has 6 N–H and O–H groups in total. The normalized spacial score (nSPS) is 19.8. The molecule has 6 aromatic rings. The lowest BCUT2D eigenvalue weighted by molar-refractivity contribution is -0.136. The zero-order chi connectivity index (χ0) is 62.7. The van der Waals surface area contributed by atoms with Gasteiger partial charge in [-0.2, -0.15) is 0 Å². The van der Waals surface area contributed by atoms with E-state index in [0.29, 0.717) is 47.6 Å². The highest BCUT2D eigenvalue weighted by Crippen LogP contribution is 2.44. The number of imide groups is 2. The first-order valence-electron chi connectivity index (χ1n) is 31.3. The highest BCUT2D eigenvalue weighted by atomic mass is 35.5. The fraction of sp³-hybridized carbons (Fsp3) is 0.412. The maximum Gasteiger partial charge on any atom is 0.268 e. The van der Waals surface area contributed by atoms with E-state index >= 15 is 0 Å². The van der Waals surface area contributed by atoms with Crippen LogP contribution in [0.25, 0.3) is 16.6 Å². The number of piperazine rings is 1. The third-order valence-electron chi connectivity index (χ3n) is 18.8. The second-order valence-electron chi connectivity index (χ2n) is 25.5. The van der Waals surface area contributed by atoms with Crippen LogP contribution in [0.1, 0.15) is 120 Å². The third kappa shape index (κ3) is 14.1. The Morgan fingerprint density at radius 1 is 0.822 bits per heavy atom. The van der Waals surface area contributed by atoms with Gasteiger partial charge in [-0.25, -0.2) is 18.1 Å². The maximum absolute atomic E-state index is 14.2. The summed E-state index contributed by atoms with van der Waals surface area (Å²) in [6.45, 7) is 14.6. The number of nitrogens with zero attached hydrogens (tertiary/aromatic N) is 6. The summed E-state index contributed by atoms with van der Waals surface area (Å²) >= 11 is 6.28. The Morgan fingerprint density at radius 3 is 2.36 bits per heavy atom. The lowest BCUT2D eigenvalue weighted by atomic mass is 9.72. The molecule has 5 aliphatic heterocycles. The van der Waals surface area contributed by atoms with Crippen molar-refractivity contribution in [2.24, 2.45) is 17.3 Å². The van der Waals surface area contributed by atoms with Crippen molar-refractivity contribution >= 4 is 84.8 Å². The number of halogens is 1. The largest absolute Gasteiger partial charge is 0.455 e. The van der Waals surface area contributed by atoms with Gasteiger partial charge < -0.3 is 24.8 Å². The predicted molar refractivity (Wildman–Crippen MR) is 345 cm³/mol. The molecule has 1 atom stereocenters. The van der Waals surface area contributed by atoms with Crippen molar-refractivity contribution in [3.63, 3.8) is 0 Å². The van der Waals surface area contributed by atoms with Crippen LogP contribution in [0.4, 0.5) is 17.1 Å². The van der Waals surface area contributed by atoms with Gasteiger partial charge in [0.25, 0.3) is 27.7 Å². The summed E-state index contributed by atoms with van der Waals surface area (Å²) in [6.07, 6.45) is 11.9. The maximum atomic E-state index is 14.2. The summed E-state index contributed by atoms with van der Waals surface area (Å²) in [4.78, 5) is 83.1. The Bertz CT molecular complexity index is 3950. The van der Waals surface area contributed by atoms with Crippen molar-refractivity contribution < 1.29 is 42.3 Å². The summed E-state index contributed by atoms with van der Waals surface area (Å²) in [5.41, 5.74) is 9.57. The van der Waals surface area contributed by atoms with Crippen molar-refractivity contribution in [1.82, 2.24) is 39.6 Å². The lowest BCUT2D eigenvalue weighted by Crippen LogP contribution is -2.54. The van der Waals surface area contributed by atoms with Crippen LogP contribution in [0.15, 0.2) is 114 Å². The quantitative estimate of drug-likeness (QED) is 0.0267. The molecular weight excluding hydrogens is 1180 g/mol. The van der Waals surface area contributed by atoms with Crippen molar-refractivity contribution in [3.8, 4) is 23.3 Å². The molecule has 0 spiro atoms. The van der Waals surface area contributed by atoms with E-state index in [1.807, 2.05) is 24.3 Å². The molecule has 0 bridgehead atoms. The number of likely N-dealkylation sites (tertiary alicyclic amines) is 2. The number of piperidine rings is 3. The van der Waals surface area contributed by atoms with E-state index in [1.165, 1.54) is 28.8 Å². The highest BCUT2D eigenvalue weighted by Gasteiger charge is 2.45. The van der Waals surface area contributed by atoms with Crippen molar-refractivity contribution in [2.75, 3.05) is 94.2 Å². The van der Waals surface area contributed by atoms with Crippen LogP contribution in [-0.2, 0) is 19.6 Å². The van der Waals surface area contributed by atoms with E-state index in [0.717, 1.165) is 138 Å². The van der Waals surface area contributed by atoms with Crippen LogP contribution in [0.5, 0.6) is 11.5 Å². The average molecular weight is 1260 g/mol. The fourth-order valence-corrected chi connectivity index (χ4v) is 14.6. The number of rotatable bonds is 18. The molecule has 1 aliphatic carbocycles. The molecule has 12 rings (SSSR count). The van der Waals surface area contributed by atoms with Gasteiger partial charge in [0, 0.05) is 79.6 Å². The van der Waals surface area contributed by atoms with Crippen LogP contribution < -0.4 is 30.5 Å². The number of aromatic amines is 1. The predicted octanol–water partition coefficient (Wildman–Crippen LogP) is 9.39. The van der Waals surface area contributed by atoms with Crippen molar-refractivity contribution in [3.05, 3.63) is 142 Å². The smallest absolute Gasteiger partial charge is 0.268 e. The Kier molecular flexibility index (Phi) is 18.5. The van der Waals surface area contributed by atoms with Gasteiger partial charge in [0.05, 0.1) is 45.7 Å².